The molecule has 1 aliphatic heterocycles. The first kappa shape index (κ1) is 7.30. The minimum absolute atomic E-state index is 0.186. The van der Waals surface area contributed by atoms with Gasteiger partial charge in [-0.2, -0.15) is 0 Å². The van der Waals surface area contributed by atoms with Crippen molar-refractivity contribution in [1.82, 2.24) is 10.1 Å². The lowest BCUT2D eigenvalue weighted by molar-refractivity contribution is 0.00525. The van der Waals surface area contributed by atoms with Gasteiger partial charge in [0.2, 0.25) is 0 Å². The summed E-state index contributed by atoms with van der Waals surface area (Å²) in [4.78, 5) is 12.8. The summed E-state index contributed by atoms with van der Waals surface area (Å²) in [6, 6.07) is 1.51. The minimum atomic E-state index is -0.374. The average Bonchev–Trinajstić information content (AvgIpc) is 2.49. The number of hydrogen-bond acceptors (Lipinski definition) is 4. The third-order valence-electron chi connectivity index (χ3n) is 1.81. The zero-order chi connectivity index (χ0) is 8.55. The second-order valence-electron chi connectivity index (χ2n) is 2.75. The Hall–Kier alpha value is -1.36. The van der Waals surface area contributed by atoms with Gasteiger partial charge in [0.1, 0.15) is 6.26 Å². The predicted octanol–water partition coefficient (Wildman–Crippen LogP) is -0.509. The summed E-state index contributed by atoms with van der Waals surface area (Å²) < 4.78 is 4.52. The van der Waals surface area contributed by atoms with E-state index in [1.165, 1.54) is 17.2 Å². The zero-order valence-electron chi connectivity index (χ0n) is 6.30. The molecule has 1 aliphatic rings. The largest absolute Gasteiger partial charge is 0.389 e. The highest BCUT2D eigenvalue weighted by molar-refractivity contribution is 5.92. The molecule has 1 saturated heterocycles. The van der Waals surface area contributed by atoms with Crippen LogP contribution in [0.4, 0.5) is 0 Å². The molecule has 0 spiro atoms. The topological polar surface area (TPSA) is 66.6 Å². The summed E-state index contributed by atoms with van der Waals surface area (Å²) in [5.41, 5.74) is 0.293. The number of carbonyl (C=O) groups excluding carboxylic acids is 1. The van der Waals surface area contributed by atoms with Crippen molar-refractivity contribution in [3.63, 3.8) is 0 Å². The number of aliphatic hydroxyl groups is 1. The zero-order valence-corrected chi connectivity index (χ0v) is 6.30. The maximum atomic E-state index is 11.3. The molecule has 1 fully saturated rings. The van der Waals surface area contributed by atoms with E-state index in [1.54, 1.807) is 0 Å². The van der Waals surface area contributed by atoms with E-state index in [2.05, 4.69) is 9.68 Å². The van der Waals surface area contributed by atoms with Gasteiger partial charge in [-0.3, -0.25) is 4.79 Å². The van der Waals surface area contributed by atoms with E-state index >= 15 is 0 Å². The molecule has 0 unspecified atom stereocenters. The smallest absolute Gasteiger partial charge is 0.276 e. The molecule has 1 aromatic rings. The number of carbonyl (C=O) groups is 1. The number of aromatic nitrogens is 1. The van der Waals surface area contributed by atoms with Crippen LogP contribution in [0.2, 0.25) is 0 Å². The highest BCUT2D eigenvalue weighted by atomic mass is 16.5. The van der Waals surface area contributed by atoms with Gasteiger partial charge < -0.3 is 14.5 Å². The third kappa shape index (κ3) is 1.08. The molecule has 64 valence electrons. The fraction of sp³-hybridized carbons (Fsp3) is 0.429. The molecular formula is C7H8N2O3. The Morgan fingerprint density at radius 3 is 3.00 bits per heavy atom. The number of aliphatic hydroxyl groups excluding tert-OH is 1. The molecule has 0 atom stereocenters. The lowest BCUT2D eigenvalue weighted by Gasteiger charge is -2.35. The van der Waals surface area contributed by atoms with Crippen molar-refractivity contribution >= 4 is 5.91 Å². The maximum absolute atomic E-state index is 11.3. The fourth-order valence-corrected chi connectivity index (χ4v) is 1.11. The molecule has 1 aromatic heterocycles. The number of β-amino-alcohol motifs (C(OH)–C–C–N with tert-alkyl or cyclic N) is 1. The highest BCUT2D eigenvalue weighted by Gasteiger charge is 2.30. The summed E-state index contributed by atoms with van der Waals surface area (Å²) in [5.74, 6) is -0.186. The van der Waals surface area contributed by atoms with Gasteiger partial charge in [-0.15, -0.1) is 0 Å². The summed E-state index contributed by atoms with van der Waals surface area (Å²) in [6.45, 7) is 0.789. The molecule has 0 aromatic carbocycles. The van der Waals surface area contributed by atoms with Crippen molar-refractivity contribution in [2.24, 2.45) is 0 Å². The van der Waals surface area contributed by atoms with Gasteiger partial charge >= 0.3 is 0 Å². The number of hydrogen-bond donors (Lipinski definition) is 1. The standard InChI is InChI=1S/C7H8N2O3/c10-5-3-9(4-5)7(11)6-1-2-12-8-6/h1-2,5,10H,3-4H2. The van der Waals surface area contributed by atoms with Gasteiger partial charge in [-0.25, -0.2) is 0 Å². The van der Waals surface area contributed by atoms with Crippen molar-refractivity contribution in [3.05, 3.63) is 18.0 Å². The Kier molecular flexibility index (Phi) is 1.58. The average molecular weight is 168 g/mol. The summed E-state index contributed by atoms with van der Waals surface area (Å²) >= 11 is 0. The van der Waals surface area contributed by atoms with E-state index in [0.717, 1.165) is 0 Å². The van der Waals surface area contributed by atoms with Gasteiger partial charge in [0, 0.05) is 19.2 Å². The lowest BCUT2D eigenvalue weighted by Crippen LogP contribution is -2.53. The van der Waals surface area contributed by atoms with Crippen LogP contribution in [-0.4, -0.2) is 40.3 Å². The molecule has 2 rings (SSSR count). The van der Waals surface area contributed by atoms with E-state index in [-0.39, 0.29) is 12.0 Å². The first-order valence-corrected chi connectivity index (χ1v) is 3.65. The van der Waals surface area contributed by atoms with Crippen LogP contribution in [0, 0.1) is 0 Å². The van der Waals surface area contributed by atoms with Crippen LogP contribution < -0.4 is 0 Å². The minimum Gasteiger partial charge on any atom is -0.389 e. The highest BCUT2D eigenvalue weighted by Crippen LogP contribution is 2.11. The molecule has 5 heteroatoms. The Labute approximate surface area is 68.6 Å². The van der Waals surface area contributed by atoms with Crippen LogP contribution in [-0.2, 0) is 0 Å². The van der Waals surface area contributed by atoms with E-state index in [9.17, 15) is 4.79 Å². The van der Waals surface area contributed by atoms with Gasteiger partial charge in [0.05, 0.1) is 6.10 Å². The summed E-state index contributed by atoms with van der Waals surface area (Å²) in [5, 5.41) is 12.4. The normalized spacial score (nSPS) is 17.6. The van der Waals surface area contributed by atoms with Crippen LogP contribution in [0.15, 0.2) is 16.9 Å². The fourth-order valence-electron chi connectivity index (χ4n) is 1.11. The van der Waals surface area contributed by atoms with Crippen molar-refractivity contribution in [2.45, 2.75) is 6.10 Å². The molecule has 0 radical (unpaired) electrons. The Bertz CT molecular complexity index is 277. The van der Waals surface area contributed by atoms with Crippen molar-refractivity contribution in [2.75, 3.05) is 13.1 Å². The molecule has 0 aliphatic carbocycles. The monoisotopic (exact) mass is 168 g/mol. The lowest BCUT2D eigenvalue weighted by atomic mass is 10.1. The van der Waals surface area contributed by atoms with Crippen LogP contribution in [0.1, 0.15) is 10.5 Å². The van der Waals surface area contributed by atoms with E-state index in [0.29, 0.717) is 18.8 Å². The van der Waals surface area contributed by atoms with Crippen molar-refractivity contribution < 1.29 is 14.4 Å². The van der Waals surface area contributed by atoms with Gasteiger partial charge in [-0.05, 0) is 0 Å². The molecule has 0 saturated carbocycles. The molecule has 5 nitrogen and oxygen atoms in total. The van der Waals surface area contributed by atoms with Crippen LogP contribution in [0.3, 0.4) is 0 Å². The van der Waals surface area contributed by atoms with E-state index in [1.807, 2.05) is 0 Å². The second kappa shape index (κ2) is 2.60. The molecule has 12 heavy (non-hydrogen) atoms. The molecule has 2 heterocycles. The molecule has 1 N–H and O–H groups in total. The van der Waals surface area contributed by atoms with Crippen LogP contribution in [0.25, 0.3) is 0 Å². The number of nitrogens with zero attached hydrogens (tertiary/aromatic N) is 2. The molecular weight excluding hydrogens is 160 g/mol. The summed E-state index contributed by atoms with van der Waals surface area (Å²) in [7, 11) is 0. The van der Waals surface area contributed by atoms with E-state index in [4.69, 9.17) is 5.11 Å². The Morgan fingerprint density at radius 2 is 2.50 bits per heavy atom. The third-order valence-corrected chi connectivity index (χ3v) is 1.81. The van der Waals surface area contributed by atoms with Crippen molar-refractivity contribution in [1.29, 1.82) is 0 Å². The first-order valence-electron chi connectivity index (χ1n) is 3.65. The Balaban J connectivity index is 2.03. The maximum Gasteiger partial charge on any atom is 0.276 e. The van der Waals surface area contributed by atoms with E-state index < -0.39 is 0 Å². The molecule has 0 bridgehead atoms. The number of likely N-dealkylation sites (tertiary alicyclic amines) is 1. The second-order valence-corrected chi connectivity index (χ2v) is 2.75. The van der Waals surface area contributed by atoms with Gasteiger partial charge in [0.25, 0.3) is 5.91 Å². The quantitative estimate of drug-likeness (QED) is 0.613. The molecule has 1 amide bonds. The van der Waals surface area contributed by atoms with Gasteiger partial charge in [0.15, 0.2) is 5.69 Å². The number of amides is 1. The van der Waals surface area contributed by atoms with Crippen LogP contribution >= 0.6 is 0 Å². The number of rotatable bonds is 1. The summed E-state index contributed by atoms with van der Waals surface area (Å²) in [6.07, 6.45) is 0.976. The first-order chi connectivity index (χ1) is 5.77. The van der Waals surface area contributed by atoms with Gasteiger partial charge in [-0.1, -0.05) is 5.16 Å². The SMILES string of the molecule is O=C(c1ccon1)N1CC(O)C1. The van der Waals surface area contributed by atoms with Crippen molar-refractivity contribution in [3.8, 4) is 0 Å². The van der Waals surface area contributed by atoms with Crippen LogP contribution in [0.5, 0.6) is 0 Å². The predicted molar refractivity (Wildman–Crippen MR) is 38.4 cm³/mol. The Morgan fingerprint density at radius 1 is 1.75 bits per heavy atom.